The molecule has 0 aliphatic heterocycles. The minimum atomic E-state index is 0.134. The molecule has 1 aromatic heterocycles. The van der Waals surface area contributed by atoms with E-state index in [1.807, 2.05) is 40.7 Å². The number of carbonyl (C=O) groups excluding carboxylic acids is 1. The van der Waals surface area contributed by atoms with E-state index in [-0.39, 0.29) is 5.91 Å². The summed E-state index contributed by atoms with van der Waals surface area (Å²) in [5.74, 6) is 1.30. The first-order valence-corrected chi connectivity index (χ1v) is 10.8. The van der Waals surface area contributed by atoms with Gasteiger partial charge < -0.3 is 9.47 Å². The lowest BCUT2D eigenvalue weighted by atomic mass is 10.0. The monoisotopic (exact) mass is 404 g/mol. The molecule has 1 aliphatic rings. The lowest BCUT2D eigenvalue weighted by Gasteiger charge is -2.26. The predicted octanol–water partition coefficient (Wildman–Crippen LogP) is 5.02. The first-order valence-electron chi connectivity index (χ1n) is 9.45. The first kappa shape index (κ1) is 20.0. The summed E-state index contributed by atoms with van der Waals surface area (Å²) in [4.78, 5) is 14.7. The minimum absolute atomic E-state index is 0.134. The maximum atomic E-state index is 12.8. The number of rotatable bonds is 7. The highest BCUT2D eigenvalue weighted by Crippen LogP contribution is 2.26. The van der Waals surface area contributed by atoms with Crippen LogP contribution in [0.3, 0.4) is 0 Å². The summed E-state index contributed by atoms with van der Waals surface area (Å²) >= 11 is 7.43. The van der Waals surface area contributed by atoms with Crippen molar-refractivity contribution in [3.05, 3.63) is 41.1 Å². The Bertz CT molecular complexity index is 816. The Labute approximate surface area is 169 Å². The third-order valence-corrected chi connectivity index (χ3v) is 5.89. The van der Waals surface area contributed by atoms with Crippen LogP contribution in [-0.2, 0) is 11.3 Å². The molecule has 1 amide bonds. The van der Waals surface area contributed by atoms with Gasteiger partial charge in [0.2, 0.25) is 5.91 Å². The van der Waals surface area contributed by atoms with Crippen LogP contribution in [0.1, 0.15) is 39.5 Å². The van der Waals surface area contributed by atoms with Crippen LogP contribution < -0.4 is 0 Å². The second-order valence-electron chi connectivity index (χ2n) is 6.43. The molecule has 0 saturated heterocycles. The minimum Gasteiger partial charge on any atom is -0.316 e. The van der Waals surface area contributed by atoms with Gasteiger partial charge in [-0.05, 0) is 63.8 Å². The summed E-state index contributed by atoms with van der Waals surface area (Å²) in [6.07, 6.45) is 6.66. The molecule has 0 radical (unpaired) electrons. The molecule has 0 unspecified atom stereocenters. The summed E-state index contributed by atoms with van der Waals surface area (Å²) in [7, 11) is 0. The fraction of sp³-hybridized carbons (Fsp3) is 0.450. The smallest absolute Gasteiger partial charge is 0.237 e. The number of hydrogen-bond acceptors (Lipinski definition) is 4. The van der Waals surface area contributed by atoms with E-state index in [0.29, 0.717) is 17.3 Å². The molecule has 3 rings (SSSR count). The van der Waals surface area contributed by atoms with Gasteiger partial charge in [-0.3, -0.25) is 4.79 Å². The lowest BCUT2D eigenvalue weighted by molar-refractivity contribution is -0.126. The van der Waals surface area contributed by atoms with Crippen molar-refractivity contribution in [3.63, 3.8) is 0 Å². The molecular weight excluding hydrogens is 380 g/mol. The van der Waals surface area contributed by atoms with Gasteiger partial charge in [0.1, 0.15) is 0 Å². The number of nitrogens with zero attached hydrogens (tertiary/aromatic N) is 4. The van der Waals surface area contributed by atoms with Gasteiger partial charge in [0.25, 0.3) is 0 Å². The van der Waals surface area contributed by atoms with Crippen LogP contribution in [0.5, 0.6) is 0 Å². The van der Waals surface area contributed by atoms with E-state index >= 15 is 0 Å². The Morgan fingerprint density at radius 1 is 1.22 bits per heavy atom. The molecule has 5 nitrogen and oxygen atoms in total. The molecular formula is C20H25ClN4OS. The quantitative estimate of drug-likeness (QED) is 0.608. The number of benzene rings is 1. The van der Waals surface area contributed by atoms with Crippen LogP contribution in [0.4, 0.5) is 0 Å². The number of thioether (sulfide) groups is 1. The summed E-state index contributed by atoms with van der Waals surface area (Å²) in [5, 5.41) is 10.1. The van der Waals surface area contributed by atoms with E-state index in [1.54, 1.807) is 0 Å². The van der Waals surface area contributed by atoms with Crippen molar-refractivity contribution >= 4 is 29.3 Å². The van der Waals surface area contributed by atoms with Crippen LogP contribution in [0.2, 0.25) is 5.02 Å². The van der Waals surface area contributed by atoms with Gasteiger partial charge in [-0.1, -0.05) is 29.4 Å². The predicted molar refractivity (Wildman–Crippen MR) is 111 cm³/mol. The van der Waals surface area contributed by atoms with Crippen LogP contribution in [0.15, 0.2) is 41.2 Å². The molecule has 0 spiro atoms. The van der Waals surface area contributed by atoms with Crippen LogP contribution >= 0.6 is 23.4 Å². The number of carbonyl (C=O) groups is 1. The average Bonchev–Trinajstić information content (AvgIpc) is 3.11. The lowest BCUT2D eigenvalue weighted by Crippen LogP contribution is -2.32. The van der Waals surface area contributed by atoms with E-state index in [2.05, 4.69) is 23.2 Å². The van der Waals surface area contributed by atoms with E-state index in [1.165, 1.54) is 23.9 Å². The second kappa shape index (κ2) is 9.42. The fourth-order valence-electron chi connectivity index (χ4n) is 3.30. The Morgan fingerprint density at radius 3 is 2.63 bits per heavy atom. The number of aromatic nitrogens is 3. The largest absolute Gasteiger partial charge is 0.316 e. The van der Waals surface area contributed by atoms with E-state index in [9.17, 15) is 4.79 Å². The third kappa shape index (κ3) is 4.74. The Kier molecular flexibility index (Phi) is 6.96. The van der Waals surface area contributed by atoms with Crippen molar-refractivity contribution in [2.75, 3.05) is 12.3 Å². The van der Waals surface area contributed by atoms with Crippen molar-refractivity contribution < 1.29 is 4.79 Å². The second-order valence-corrected chi connectivity index (χ2v) is 7.80. The number of allylic oxidation sites excluding steroid dienone is 2. The molecule has 0 fully saturated rings. The number of halogens is 1. The number of amides is 1. The molecule has 0 saturated carbocycles. The zero-order valence-corrected chi connectivity index (χ0v) is 17.4. The molecule has 0 N–H and O–H groups in total. The molecule has 7 heteroatoms. The van der Waals surface area contributed by atoms with Gasteiger partial charge in [0, 0.05) is 29.4 Å². The molecule has 1 aliphatic carbocycles. The van der Waals surface area contributed by atoms with Crippen LogP contribution in [0, 0.1) is 0 Å². The van der Waals surface area contributed by atoms with Gasteiger partial charge in [0.05, 0.1) is 5.75 Å². The van der Waals surface area contributed by atoms with Gasteiger partial charge in [-0.15, -0.1) is 10.2 Å². The molecule has 0 atom stereocenters. The zero-order chi connectivity index (χ0) is 19.2. The maximum Gasteiger partial charge on any atom is 0.237 e. The summed E-state index contributed by atoms with van der Waals surface area (Å²) in [5.41, 5.74) is 2.14. The Morgan fingerprint density at radius 2 is 2.00 bits per heavy atom. The van der Waals surface area contributed by atoms with Gasteiger partial charge in [-0.2, -0.15) is 0 Å². The van der Waals surface area contributed by atoms with E-state index in [4.69, 9.17) is 11.6 Å². The maximum absolute atomic E-state index is 12.8. The molecule has 27 heavy (non-hydrogen) atoms. The highest BCUT2D eigenvalue weighted by molar-refractivity contribution is 7.99. The normalized spacial score (nSPS) is 14.1. The van der Waals surface area contributed by atoms with Gasteiger partial charge >= 0.3 is 0 Å². The highest BCUT2D eigenvalue weighted by atomic mass is 35.5. The fourth-order valence-corrected chi connectivity index (χ4v) is 4.31. The van der Waals surface area contributed by atoms with E-state index in [0.717, 1.165) is 42.4 Å². The Hall–Kier alpha value is -1.79. The van der Waals surface area contributed by atoms with Gasteiger partial charge in [-0.25, -0.2) is 0 Å². The van der Waals surface area contributed by atoms with Gasteiger partial charge in [0.15, 0.2) is 11.0 Å². The van der Waals surface area contributed by atoms with Crippen molar-refractivity contribution in [2.45, 2.75) is 51.2 Å². The standard InChI is InChI=1S/C20H25ClN4OS/c1-3-24(17-8-6-5-7-9-17)18(26)14-27-20-23-22-19(25(20)4-2)15-10-12-16(21)13-11-15/h8,10-13H,3-7,9,14H2,1-2H3. The van der Waals surface area contributed by atoms with Crippen molar-refractivity contribution in [3.8, 4) is 11.4 Å². The van der Waals surface area contributed by atoms with Crippen LogP contribution in [-0.4, -0.2) is 37.9 Å². The first-order chi connectivity index (χ1) is 13.1. The number of hydrogen-bond donors (Lipinski definition) is 0. The van der Waals surface area contributed by atoms with Crippen LogP contribution in [0.25, 0.3) is 11.4 Å². The molecule has 2 aromatic rings. The van der Waals surface area contributed by atoms with E-state index < -0.39 is 0 Å². The highest BCUT2D eigenvalue weighted by Gasteiger charge is 2.20. The molecule has 144 valence electrons. The molecule has 1 heterocycles. The summed E-state index contributed by atoms with van der Waals surface area (Å²) in [6.45, 7) is 5.54. The van der Waals surface area contributed by atoms with Crippen molar-refractivity contribution in [2.24, 2.45) is 0 Å². The van der Waals surface area contributed by atoms with Crippen molar-refractivity contribution in [1.82, 2.24) is 19.7 Å². The molecule has 1 aromatic carbocycles. The molecule has 0 bridgehead atoms. The third-order valence-electron chi connectivity index (χ3n) is 4.69. The average molecular weight is 405 g/mol. The summed E-state index contributed by atoms with van der Waals surface area (Å²) < 4.78 is 2.04. The topological polar surface area (TPSA) is 51.0 Å². The van der Waals surface area contributed by atoms with Crippen molar-refractivity contribution in [1.29, 1.82) is 0 Å². The SMILES string of the molecule is CCN(C(=O)CSc1nnc(-c2ccc(Cl)cc2)n1CC)C1=CCCCC1. The zero-order valence-electron chi connectivity index (χ0n) is 15.8. The summed E-state index contributed by atoms with van der Waals surface area (Å²) in [6, 6.07) is 7.57. The Balaban J connectivity index is 1.71.